The minimum Gasteiger partial charge on any atom is -0.724 e. The average molecular weight is 247 g/mol. The fourth-order valence-corrected chi connectivity index (χ4v) is 1.43. The van der Waals surface area contributed by atoms with Gasteiger partial charge >= 0.3 is 0 Å². The van der Waals surface area contributed by atoms with Gasteiger partial charge in [0.05, 0.1) is 0 Å². The first-order chi connectivity index (χ1) is 8.21. The number of benzene rings is 2. The van der Waals surface area contributed by atoms with Crippen LogP contribution in [-0.4, -0.2) is 12.2 Å². The number of rotatable bonds is 0. The van der Waals surface area contributed by atoms with Crippen LogP contribution in [0.25, 0.3) is 21.6 Å². The zero-order valence-electron chi connectivity index (χ0n) is 8.63. The van der Waals surface area contributed by atoms with Crippen LogP contribution in [0.5, 0.6) is 0 Å². The first-order valence-corrected chi connectivity index (χ1v) is 4.74. The molecule has 0 N–H and O–H groups in total. The highest BCUT2D eigenvalue weighted by Crippen LogP contribution is 2.21. The highest BCUT2D eigenvalue weighted by Gasteiger charge is 1.93. The summed E-state index contributed by atoms with van der Waals surface area (Å²) in [7, 11) is 0. The minimum atomic E-state index is 0.500. The summed E-state index contributed by atoms with van der Waals surface area (Å²) in [4.78, 5) is 16.5. The van der Waals surface area contributed by atoms with Gasteiger partial charge in [-0.2, -0.15) is 0 Å². The number of hydrogen-bond acceptors (Lipinski definition) is 2. The number of carbonyl (C=O) groups excluding carboxylic acids is 2. The molecule has 0 heterocycles. The topological polar surface area (TPSA) is 78.7 Å². The molecule has 2 rings (SSSR count). The van der Waals surface area contributed by atoms with E-state index in [0.717, 1.165) is 10.4 Å². The van der Waals surface area contributed by atoms with E-state index in [1.807, 2.05) is 30.3 Å². The molecule has 0 saturated heterocycles. The molecule has 2 aromatic rings. The third-order valence-corrected chi connectivity index (χ3v) is 2.07. The summed E-state index contributed by atoms with van der Waals surface area (Å²) in [5.41, 5.74) is 0. The number of nitrogens with zero attached hydrogens (tertiary/aromatic N) is 2. The van der Waals surface area contributed by atoms with Gasteiger partial charge in [-0.3, -0.25) is 9.59 Å². The molecule has 0 atom stereocenters. The Morgan fingerprint density at radius 3 is 1.88 bits per heavy atom. The van der Waals surface area contributed by atoms with Crippen LogP contribution in [0.3, 0.4) is 0 Å². The Bertz CT molecular complexity index is 526. The zero-order valence-corrected chi connectivity index (χ0v) is 9.39. The van der Waals surface area contributed by atoms with Gasteiger partial charge in [0.2, 0.25) is 0 Å². The minimum absolute atomic E-state index is 0.500. The van der Waals surface area contributed by atoms with Gasteiger partial charge in [-0.25, -0.2) is 0 Å². The van der Waals surface area contributed by atoms with Crippen molar-refractivity contribution in [2.45, 2.75) is 0 Å². The molecule has 0 bridgehead atoms. The van der Waals surface area contributed by atoms with Gasteiger partial charge in [-0.1, -0.05) is 48.0 Å². The molecule has 0 aliphatic rings. The zero-order chi connectivity index (χ0) is 13.1. The fraction of sp³-hybridized carbons (Fsp3) is 0. The van der Waals surface area contributed by atoms with Crippen molar-refractivity contribution < 1.29 is 9.59 Å². The second kappa shape index (κ2) is 9.01. The highest BCUT2D eigenvalue weighted by molar-refractivity contribution is 6.35. The normalized spacial score (nSPS) is 7.59. The second-order valence-corrected chi connectivity index (χ2v) is 3.05. The Hall–Kier alpha value is -2.25. The van der Waals surface area contributed by atoms with E-state index in [1.165, 1.54) is 5.39 Å². The van der Waals surface area contributed by atoms with Gasteiger partial charge in [0.15, 0.2) is 0 Å². The third-order valence-electron chi connectivity index (χ3n) is 1.74. The number of fused-ring (bicyclic) bond motifs is 1. The van der Waals surface area contributed by atoms with Crippen molar-refractivity contribution in [1.82, 2.24) is 0 Å². The van der Waals surface area contributed by atoms with E-state index >= 15 is 0 Å². The summed E-state index contributed by atoms with van der Waals surface area (Å²) in [6.07, 6.45) is 1.00. The molecule has 86 valence electrons. The SMILES string of the molecule is Clc1cccc2ccccc12.[N-]=C=O.[N-]=C=O. The second-order valence-electron chi connectivity index (χ2n) is 2.64. The van der Waals surface area contributed by atoms with Gasteiger partial charge in [0.25, 0.3) is 0 Å². The Balaban J connectivity index is 0.000000366. The van der Waals surface area contributed by atoms with Gasteiger partial charge in [-0.05, 0) is 23.6 Å². The molecule has 0 saturated carbocycles. The first-order valence-electron chi connectivity index (χ1n) is 4.37. The predicted molar refractivity (Wildman–Crippen MR) is 67.1 cm³/mol. The van der Waals surface area contributed by atoms with Crippen molar-refractivity contribution in [3.05, 3.63) is 58.3 Å². The predicted octanol–water partition coefficient (Wildman–Crippen LogP) is 3.28. The molecule has 5 heteroatoms. The van der Waals surface area contributed by atoms with Crippen LogP contribution in [0.15, 0.2) is 42.5 Å². The molecule has 0 aliphatic carbocycles. The van der Waals surface area contributed by atoms with Gasteiger partial charge in [0.1, 0.15) is 0 Å². The van der Waals surface area contributed by atoms with E-state index in [1.54, 1.807) is 0 Å². The smallest absolute Gasteiger partial charge is 0.0484 e. The molecule has 0 aliphatic heterocycles. The molecule has 2 aromatic carbocycles. The number of halogens is 1. The van der Waals surface area contributed by atoms with Crippen LogP contribution < -0.4 is 0 Å². The van der Waals surface area contributed by atoms with Gasteiger partial charge in [0, 0.05) is 10.4 Å². The van der Waals surface area contributed by atoms with Crippen molar-refractivity contribution in [3.63, 3.8) is 0 Å². The van der Waals surface area contributed by atoms with Crippen LogP contribution >= 0.6 is 11.6 Å². The largest absolute Gasteiger partial charge is 0.724 e. The third kappa shape index (κ3) is 5.40. The maximum atomic E-state index is 8.24. The van der Waals surface area contributed by atoms with E-state index < -0.39 is 0 Å². The Kier molecular flexibility index (Phi) is 7.82. The van der Waals surface area contributed by atoms with E-state index in [-0.39, 0.29) is 0 Å². The summed E-state index contributed by atoms with van der Waals surface area (Å²) in [6, 6.07) is 14.0. The molecule has 0 unspecified atom stereocenters. The fourth-order valence-electron chi connectivity index (χ4n) is 1.19. The number of isocyanates is 2. The summed E-state index contributed by atoms with van der Waals surface area (Å²) in [5, 5.41) is 16.7. The summed E-state index contributed by atoms with van der Waals surface area (Å²) < 4.78 is 0. The Morgan fingerprint density at radius 1 is 0.882 bits per heavy atom. The van der Waals surface area contributed by atoms with Crippen molar-refractivity contribution in [3.8, 4) is 0 Å². The molecule has 0 fully saturated rings. The first kappa shape index (κ1) is 14.8. The van der Waals surface area contributed by atoms with Crippen molar-refractivity contribution in [2.24, 2.45) is 0 Å². The molecular weight excluding hydrogens is 240 g/mol. The standard InChI is InChI=1S/C10H7Cl.2CNO/c11-10-7-3-5-8-4-1-2-6-9(8)10;2*2-1-3/h1-7H;;/q;2*-1. The van der Waals surface area contributed by atoms with Crippen molar-refractivity contribution in [1.29, 1.82) is 0 Å². The highest BCUT2D eigenvalue weighted by atomic mass is 35.5. The quantitative estimate of drug-likeness (QED) is 0.528. The molecular formula is C12H7ClN2O2-2. The Labute approximate surface area is 103 Å². The Morgan fingerprint density at radius 2 is 1.35 bits per heavy atom. The lowest BCUT2D eigenvalue weighted by Gasteiger charge is -1.97. The van der Waals surface area contributed by atoms with Crippen LogP contribution in [0.2, 0.25) is 5.02 Å². The lowest BCUT2D eigenvalue weighted by atomic mass is 10.1. The summed E-state index contributed by atoms with van der Waals surface area (Å²) in [6.45, 7) is 0. The van der Waals surface area contributed by atoms with Crippen molar-refractivity contribution >= 4 is 34.5 Å². The van der Waals surface area contributed by atoms with Crippen LogP contribution in [0.4, 0.5) is 0 Å². The monoisotopic (exact) mass is 246 g/mol. The van der Waals surface area contributed by atoms with Crippen LogP contribution in [-0.2, 0) is 9.59 Å². The lowest BCUT2D eigenvalue weighted by Crippen LogP contribution is -1.70. The maximum absolute atomic E-state index is 8.24. The van der Waals surface area contributed by atoms with Gasteiger partial charge in [-0.15, -0.1) is 0 Å². The van der Waals surface area contributed by atoms with E-state index in [9.17, 15) is 0 Å². The van der Waals surface area contributed by atoms with Gasteiger partial charge < -0.3 is 10.8 Å². The molecule has 0 radical (unpaired) electrons. The van der Waals surface area contributed by atoms with E-state index in [0.29, 0.717) is 12.2 Å². The van der Waals surface area contributed by atoms with Crippen LogP contribution in [0, 0.1) is 0 Å². The summed E-state index contributed by atoms with van der Waals surface area (Å²) >= 11 is 5.96. The van der Waals surface area contributed by atoms with Crippen molar-refractivity contribution in [2.75, 3.05) is 0 Å². The van der Waals surface area contributed by atoms with E-state index in [2.05, 4.69) is 12.1 Å². The average Bonchev–Trinajstić information content (AvgIpc) is 2.32. The molecule has 17 heavy (non-hydrogen) atoms. The van der Waals surface area contributed by atoms with E-state index in [4.69, 9.17) is 32.0 Å². The molecule has 0 aromatic heterocycles. The molecule has 0 amide bonds. The maximum Gasteiger partial charge on any atom is 0.0484 e. The number of hydrogen-bond donors (Lipinski definition) is 0. The molecule has 4 nitrogen and oxygen atoms in total. The molecule has 0 spiro atoms. The van der Waals surface area contributed by atoms with Crippen LogP contribution in [0.1, 0.15) is 0 Å². The lowest BCUT2D eigenvalue weighted by molar-refractivity contribution is 0.568. The summed E-state index contributed by atoms with van der Waals surface area (Å²) in [5.74, 6) is 0.